The zero-order chi connectivity index (χ0) is 14.8. The Hall–Kier alpha value is -1.04. The van der Waals surface area contributed by atoms with Gasteiger partial charge in [-0.15, -0.1) is 0 Å². The molecule has 0 saturated heterocycles. The highest BCUT2D eigenvalue weighted by atomic mass is 32.2. The predicted octanol–water partition coefficient (Wildman–Crippen LogP) is 1.91. The van der Waals surface area contributed by atoms with Gasteiger partial charge in [-0.05, 0) is 36.8 Å². The number of hydrogen-bond acceptors (Lipinski definition) is 5. The number of aliphatic hydroxyl groups excluding tert-OH is 1. The zero-order valence-electron chi connectivity index (χ0n) is 11.9. The van der Waals surface area contributed by atoms with Gasteiger partial charge in [0.1, 0.15) is 5.54 Å². The first-order chi connectivity index (χ1) is 9.65. The Morgan fingerprint density at radius 2 is 2.05 bits per heavy atom. The van der Waals surface area contributed by atoms with E-state index in [9.17, 15) is 4.79 Å². The van der Waals surface area contributed by atoms with Gasteiger partial charge in [-0.2, -0.15) is 11.8 Å². The maximum atomic E-state index is 12.2. The van der Waals surface area contributed by atoms with Crippen molar-refractivity contribution in [1.82, 2.24) is 0 Å². The molecule has 0 aliphatic heterocycles. The molecular weight excluding hydrogens is 274 g/mol. The van der Waals surface area contributed by atoms with E-state index in [1.54, 1.807) is 18.7 Å². The molecule has 5 heteroatoms. The van der Waals surface area contributed by atoms with E-state index < -0.39 is 5.54 Å². The molecule has 0 bridgehead atoms. The van der Waals surface area contributed by atoms with Crippen LogP contribution in [0.4, 0.5) is 0 Å². The number of carbonyl (C=O) groups excluding carboxylic acids is 1. The molecule has 0 aliphatic rings. The van der Waals surface area contributed by atoms with Gasteiger partial charge in [-0.3, -0.25) is 0 Å². The molecule has 112 valence electrons. The lowest BCUT2D eigenvalue weighted by Crippen LogP contribution is -2.46. The van der Waals surface area contributed by atoms with E-state index in [1.807, 2.05) is 30.3 Å². The molecule has 1 unspecified atom stereocenters. The van der Waals surface area contributed by atoms with E-state index in [0.717, 1.165) is 23.5 Å². The van der Waals surface area contributed by atoms with Crippen LogP contribution in [-0.2, 0) is 15.1 Å². The van der Waals surface area contributed by atoms with Gasteiger partial charge in [-0.25, -0.2) is 4.79 Å². The normalized spacial score (nSPS) is 13.8. The molecule has 1 rings (SSSR count). The average molecular weight is 297 g/mol. The fraction of sp³-hybridized carbons (Fsp3) is 0.533. The molecule has 0 spiro atoms. The summed E-state index contributed by atoms with van der Waals surface area (Å²) in [5.41, 5.74) is 6.01. The molecule has 0 radical (unpaired) electrons. The van der Waals surface area contributed by atoms with Crippen LogP contribution in [0.1, 0.15) is 25.3 Å². The molecule has 0 aromatic heterocycles. The van der Waals surface area contributed by atoms with Gasteiger partial charge in [0.25, 0.3) is 0 Å². The third-order valence-electron chi connectivity index (χ3n) is 3.02. The van der Waals surface area contributed by atoms with Crippen LogP contribution in [0.5, 0.6) is 0 Å². The second kappa shape index (κ2) is 9.00. The predicted molar refractivity (Wildman–Crippen MR) is 82.6 cm³/mol. The fourth-order valence-electron chi connectivity index (χ4n) is 1.86. The first-order valence-corrected chi connectivity index (χ1v) is 8.01. The van der Waals surface area contributed by atoms with Gasteiger partial charge >= 0.3 is 5.97 Å². The Balaban J connectivity index is 2.72. The molecule has 4 nitrogen and oxygen atoms in total. The van der Waals surface area contributed by atoms with Crippen molar-refractivity contribution in [2.45, 2.75) is 25.3 Å². The number of aliphatic hydroxyl groups is 1. The lowest BCUT2D eigenvalue weighted by molar-refractivity contribution is -0.150. The minimum Gasteiger partial charge on any atom is -0.464 e. The summed E-state index contributed by atoms with van der Waals surface area (Å²) in [6.45, 7) is 2.29. The molecule has 20 heavy (non-hydrogen) atoms. The summed E-state index contributed by atoms with van der Waals surface area (Å²) >= 11 is 1.69. The van der Waals surface area contributed by atoms with Crippen LogP contribution >= 0.6 is 11.8 Å². The smallest absolute Gasteiger partial charge is 0.330 e. The van der Waals surface area contributed by atoms with Crippen molar-refractivity contribution in [1.29, 1.82) is 0 Å². The molecule has 3 N–H and O–H groups in total. The number of ether oxygens (including phenoxy) is 1. The second-order valence-electron chi connectivity index (χ2n) is 4.50. The van der Waals surface area contributed by atoms with Crippen molar-refractivity contribution >= 4 is 17.7 Å². The van der Waals surface area contributed by atoms with Crippen LogP contribution < -0.4 is 5.73 Å². The number of carbonyl (C=O) groups is 1. The first-order valence-electron chi connectivity index (χ1n) is 6.85. The molecule has 0 fully saturated rings. The number of esters is 1. The SMILES string of the molecule is CCOC(=O)C(N)(CCSCCCO)c1ccccc1. The Kier molecular flexibility index (Phi) is 7.65. The lowest BCUT2D eigenvalue weighted by atomic mass is 9.88. The van der Waals surface area contributed by atoms with Crippen LogP contribution in [0.25, 0.3) is 0 Å². The van der Waals surface area contributed by atoms with Gasteiger partial charge < -0.3 is 15.6 Å². The second-order valence-corrected chi connectivity index (χ2v) is 5.72. The summed E-state index contributed by atoms with van der Waals surface area (Å²) in [4.78, 5) is 12.2. The summed E-state index contributed by atoms with van der Waals surface area (Å²) in [5.74, 6) is 1.24. The summed E-state index contributed by atoms with van der Waals surface area (Å²) in [5, 5.41) is 8.75. The van der Waals surface area contributed by atoms with Gasteiger partial charge in [0.05, 0.1) is 6.61 Å². The maximum Gasteiger partial charge on any atom is 0.330 e. The Morgan fingerprint density at radius 1 is 1.35 bits per heavy atom. The largest absolute Gasteiger partial charge is 0.464 e. The quantitative estimate of drug-likeness (QED) is 0.538. The van der Waals surface area contributed by atoms with Gasteiger partial charge in [0, 0.05) is 6.61 Å². The van der Waals surface area contributed by atoms with Crippen LogP contribution in [0, 0.1) is 0 Å². The van der Waals surface area contributed by atoms with E-state index in [4.69, 9.17) is 15.6 Å². The molecule has 0 aliphatic carbocycles. The van der Waals surface area contributed by atoms with Crippen molar-refractivity contribution < 1.29 is 14.6 Å². The highest BCUT2D eigenvalue weighted by Crippen LogP contribution is 2.26. The standard InChI is InChI=1S/C15H23NO3S/c1-2-19-14(18)15(16,9-12-20-11-6-10-17)13-7-4-3-5-8-13/h3-5,7-8,17H,2,6,9-12,16H2,1H3. The Morgan fingerprint density at radius 3 is 2.65 bits per heavy atom. The van der Waals surface area contributed by atoms with Gasteiger partial charge in [0.15, 0.2) is 0 Å². The number of hydrogen-bond donors (Lipinski definition) is 2. The minimum atomic E-state index is -1.09. The van der Waals surface area contributed by atoms with Crippen LogP contribution in [0.2, 0.25) is 0 Å². The van der Waals surface area contributed by atoms with E-state index >= 15 is 0 Å². The van der Waals surface area contributed by atoms with Crippen LogP contribution in [0.3, 0.4) is 0 Å². The maximum absolute atomic E-state index is 12.2. The first kappa shape index (κ1) is 17.0. The zero-order valence-corrected chi connectivity index (χ0v) is 12.7. The van der Waals surface area contributed by atoms with E-state index in [-0.39, 0.29) is 12.6 Å². The summed E-state index contributed by atoms with van der Waals surface area (Å²) in [7, 11) is 0. The third-order valence-corrected chi connectivity index (χ3v) is 4.09. The van der Waals surface area contributed by atoms with Crippen molar-refractivity contribution in [3.05, 3.63) is 35.9 Å². The number of nitrogens with two attached hydrogens (primary N) is 1. The van der Waals surface area contributed by atoms with Crippen molar-refractivity contribution in [2.75, 3.05) is 24.7 Å². The molecule has 1 aromatic rings. The fourth-order valence-corrected chi connectivity index (χ4v) is 2.87. The number of benzene rings is 1. The molecular formula is C15H23NO3S. The molecule has 0 saturated carbocycles. The third kappa shape index (κ3) is 4.81. The molecule has 0 amide bonds. The van der Waals surface area contributed by atoms with Crippen molar-refractivity contribution in [3.63, 3.8) is 0 Å². The van der Waals surface area contributed by atoms with E-state index in [0.29, 0.717) is 13.0 Å². The topological polar surface area (TPSA) is 72.5 Å². The summed E-state index contributed by atoms with van der Waals surface area (Å²) in [6.07, 6.45) is 1.28. The Bertz CT molecular complexity index is 399. The monoisotopic (exact) mass is 297 g/mol. The van der Waals surface area contributed by atoms with Crippen molar-refractivity contribution in [2.24, 2.45) is 5.73 Å². The number of rotatable bonds is 9. The molecule has 1 aromatic carbocycles. The summed E-state index contributed by atoms with van der Waals surface area (Å²) in [6, 6.07) is 9.35. The van der Waals surface area contributed by atoms with Crippen molar-refractivity contribution in [3.8, 4) is 0 Å². The van der Waals surface area contributed by atoms with Crippen LogP contribution in [-0.4, -0.2) is 35.8 Å². The van der Waals surface area contributed by atoms with E-state index in [2.05, 4.69) is 0 Å². The molecule has 0 heterocycles. The average Bonchev–Trinajstić information content (AvgIpc) is 2.48. The lowest BCUT2D eigenvalue weighted by Gasteiger charge is -2.27. The highest BCUT2D eigenvalue weighted by Gasteiger charge is 2.36. The molecule has 1 atom stereocenters. The minimum absolute atomic E-state index is 0.192. The highest BCUT2D eigenvalue weighted by molar-refractivity contribution is 7.99. The Labute approximate surface area is 124 Å². The summed E-state index contributed by atoms with van der Waals surface area (Å²) < 4.78 is 5.13. The van der Waals surface area contributed by atoms with E-state index in [1.165, 1.54) is 0 Å². The van der Waals surface area contributed by atoms with Gasteiger partial charge in [0.2, 0.25) is 0 Å². The van der Waals surface area contributed by atoms with Gasteiger partial charge in [-0.1, -0.05) is 30.3 Å². The number of thioether (sulfide) groups is 1. The van der Waals surface area contributed by atoms with Crippen LogP contribution in [0.15, 0.2) is 30.3 Å².